The number of anilines is 1. The van der Waals surface area contributed by atoms with Crippen LogP contribution in [-0.4, -0.2) is 36.2 Å². The first-order valence-electron chi connectivity index (χ1n) is 7.25. The maximum Gasteiger partial charge on any atom is 0.214 e. The Balaban J connectivity index is 1.59. The van der Waals surface area contributed by atoms with E-state index in [2.05, 4.69) is 20.1 Å². The van der Waals surface area contributed by atoms with Gasteiger partial charge in [0.2, 0.25) is 10.1 Å². The summed E-state index contributed by atoms with van der Waals surface area (Å²) >= 11 is 7.56. The van der Waals surface area contributed by atoms with E-state index in [1.54, 1.807) is 23.1 Å². The lowest BCUT2D eigenvalue weighted by Crippen LogP contribution is -2.19. The van der Waals surface area contributed by atoms with Gasteiger partial charge in [0.15, 0.2) is 0 Å². The number of nitrogens with zero attached hydrogens (tertiary/aromatic N) is 7. The van der Waals surface area contributed by atoms with Gasteiger partial charge in [-0.3, -0.25) is 4.98 Å². The van der Waals surface area contributed by atoms with Gasteiger partial charge in [-0.2, -0.15) is 0 Å². The molecule has 0 bridgehead atoms. The molecule has 0 fully saturated rings. The van der Waals surface area contributed by atoms with Gasteiger partial charge in [-0.25, -0.2) is 14.5 Å². The molecule has 0 saturated carbocycles. The van der Waals surface area contributed by atoms with Gasteiger partial charge in [0.05, 0.1) is 24.6 Å². The molecule has 4 aromatic heterocycles. The van der Waals surface area contributed by atoms with Gasteiger partial charge in [-0.15, -0.1) is 5.10 Å². The maximum atomic E-state index is 6.03. The summed E-state index contributed by atoms with van der Waals surface area (Å²) in [7, 11) is 3.87. The van der Waals surface area contributed by atoms with Gasteiger partial charge in [0.1, 0.15) is 11.0 Å². The van der Waals surface area contributed by atoms with Crippen LogP contribution >= 0.6 is 22.9 Å². The second-order valence-corrected chi connectivity index (χ2v) is 6.71. The third-order valence-electron chi connectivity index (χ3n) is 3.72. The highest BCUT2D eigenvalue weighted by Gasteiger charge is 2.15. The van der Waals surface area contributed by atoms with Gasteiger partial charge < -0.3 is 9.47 Å². The third-order valence-corrected chi connectivity index (χ3v) is 5.11. The molecule has 0 amide bonds. The van der Waals surface area contributed by atoms with Crippen LogP contribution in [0.3, 0.4) is 0 Å². The van der Waals surface area contributed by atoms with Crippen molar-refractivity contribution in [3.05, 3.63) is 47.9 Å². The number of fused-ring (bicyclic) bond motifs is 1. The smallest absolute Gasteiger partial charge is 0.214 e. The predicted molar refractivity (Wildman–Crippen MR) is 94.4 cm³/mol. The second kappa shape index (κ2) is 5.88. The molecule has 24 heavy (non-hydrogen) atoms. The molecular formula is C15H14ClN7S. The fourth-order valence-electron chi connectivity index (χ4n) is 2.35. The standard InChI is InChI=1S/C15H14ClN7S/c1-21(9-13-18-7-12(16)22(13)2)15-20-23-8-11(19-14(23)24-15)10-4-3-5-17-6-10/h3-8H,9H2,1-2H3. The van der Waals surface area contributed by atoms with Gasteiger partial charge in [0, 0.05) is 32.1 Å². The summed E-state index contributed by atoms with van der Waals surface area (Å²) in [4.78, 5) is 15.9. The second-order valence-electron chi connectivity index (χ2n) is 5.39. The molecule has 0 radical (unpaired) electrons. The Morgan fingerprint density at radius 3 is 2.88 bits per heavy atom. The lowest BCUT2D eigenvalue weighted by molar-refractivity contribution is 0.754. The first kappa shape index (κ1) is 15.1. The van der Waals surface area contributed by atoms with Crippen molar-refractivity contribution in [1.82, 2.24) is 29.1 Å². The minimum Gasteiger partial charge on any atom is -0.342 e. The zero-order chi connectivity index (χ0) is 16.7. The molecule has 0 atom stereocenters. The lowest BCUT2D eigenvalue weighted by atomic mass is 10.2. The zero-order valence-corrected chi connectivity index (χ0v) is 14.7. The Morgan fingerprint density at radius 2 is 2.21 bits per heavy atom. The molecule has 0 aliphatic heterocycles. The van der Waals surface area contributed by atoms with Crippen molar-refractivity contribution in [2.24, 2.45) is 7.05 Å². The van der Waals surface area contributed by atoms with Crippen molar-refractivity contribution in [2.45, 2.75) is 6.54 Å². The highest BCUT2D eigenvalue weighted by Crippen LogP contribution is 2.26. The average molecular weight is 360 g/mol. The van der Waals surface area contributed by atoms with Crippen LogP contribution in [0.15, 0.2) is 36.9 Å². The molecule has 7 nitrogen and oxygen atoms in total. The zero-order valence-electron chi connectivity index (χ0n) is 13.1. The fraction of sp³-hybridized carbons (Fsp3) is 0.200. The summed E-state index contributed by atoms with van der Waals surface area (Å²) in [6, 6.07) is 3.88. The van der Waals surface area contributed by atoms with Crippen molar-refractivity contribution < 1.29 is 0 Å². The normalized spacial score (nSPS) is 11.3. The Hall–Kier alpha value is -2.45. The monoisotopic (exact) mass is 359 g/mol. The van der Waals surface area contributed by atoms with Crippen LogP contribution in [0.25, 0.3) is 16.2 Å². The van der Waals surface area contributed by atoms with Gasteiger partial charge in [-0.05, 0) is 12.1 Å². The highest BCUT2D eigenvalue weighted by atomic mass is 35.5. The van der Waals surface area contributed by atoms with Crippen LogP contribution in [0, 0.1) is 0 Å². The van der Waals surface area contributed by atoms with E-state index in [1.165, 1.54) is 11.3 Å². The first-order chi connectivity index (χ1) is 11.6. The van der Waals surface area contributed by atoms with E-state index in [9.17, 15) is 0 Å². The Labute approximate surface area is 147 Å². The third kappa shape index (κ3) is 2.63. The molecular weight excluding hydrogens is 346 g/mol. The summed E-state index contributed by atoms with van der Waals surface area (Å²) in [5.41, 5.74) is 1.85. The Kier molecular flexibility index (Phi) is 3.70. The lowest BCUT2D eigenvalue weighted by Gasteiger charge is -2.14. The number of hydrogen-bond donors (Lipinski definition) is 0. The summed E-state index contributed by atoms with van der Waals surface area (Å²) in [6.45, 7) is 0.620. The van der Waals surface area contributed by atoms with Crippen molar-refractivity contribution in [3.63, 3.8) is 0 Å². The molecule has 0 aliphatic carbocycles. The van der Waals surface area contributed by atoms with E-state index in [0.717, 1.165) is 27.2 Å². The van der Waals surface area contributed by atoms with Crippen LogP contribution in [0.5, 0.6) is 0 Å². The van der Waals surface area contributed by atoms with E-state index >= 15 is 0 Å². The summed E-state index contributed by atoms with van der Waals surface area (Å²) in [6.07, 6.45) is 7.11. The molecule has 0 aliphatic rings. The van der Waals surface area contributed by atoms with Crippen LogP contribution in [0.2, 0.25) is 5.15 Å². The van der Waals surface area contributed by atoms with E-state index in [1.807, 2.05) is 41.9 Å². The average Bonchev–Trinajstić information content (AvgIpc) is 3.25. The largest absolute Gasteiger partial charge is 0.342 e. The molecule has 122 valence electrons. The fourth-order valence-corrected chi connectivity index (χ4v) is 3.34. The molecule has 0 unspecified atom stereocenters. The van der Waals surface area contributed by atoms with Crippen LogP contribution in [0.1, 0.15) is 5.82 Å². The van der Waals surface area contributed by atoms with Crippen LogP contribution in [0.4, 0.5) is 5.13 Å². The van der Waals surface area contributed by atoms with E-state index in [-0.39, 0.29) is 0 Å². The number of aromatic nitrogens is 6. The molecule has 4 heterocycles. The number of rotatable bonds is 4. The maximum absolute atomic E-state index is 6.03. The first-order valence-corrected chi connectivity index (χ1v) is 8.45. The van der Waals surface area contributed by atoms with E-state index in [4.69, 9.17) is 11.6 Å². The quantitative estimate of drug-likeness (QED) is 0.560. The Bertz CT molecular complexity index is 957. The number of hydrogen-bond acceptors (Lipinski definition) is 6. The molecule has 4 rings (SSSR count). The summed E-state index contributed by atoms with van der Waals surface area (Å²) in [5, 5.41) is 6.09. The van der Waals surface area contributed by atoms with Crippen LogP contribution in [-0.2, 0) is 13.6 Å². The molecule has 0 spiro atoms. The Morgan fingerprint density at radius 1 is 1.33 bits per heavy atom. The number of imidazole rings is 2. The summed E-state index contributed by atoms with van der Waals surface area (Å²) < 4.78 is 3.65. The van der Waals surface area contributed by atoms with Gasteiger partial charge in [-0.1, -0.05) is 22.9 Å². The predicted octanol–water partition coefficient (Wildman–Crippen LogP) is 2.88. The highest BCUT2D eigenvalue weighted by molar-refractivity contribution is 7.20. The van der Waals surface area contributed by atoms with Crippen LogP contribution < -0.4 is 4.90 Å². The van der Waals surface area contributed by atoms with Gasteiger partial charge >= 0.3 is 0 Å². The van der Waals surface area contributed by atoms with Crippen molar-refractivity contribution in [2.75, 3.05) is 11.9 Å². The minimum atomic E-state index is 0.619. The molecule has 9 heteroatoms. The topological polar surface area (TPSA) is 64.1 Å². The van der Waals surface area contributed by atoms with Crippen molar-refractivity contribution in [1.29, 1.82) is 0 Å². The molecule has 4 aromatic rings. The molecule has 0 N–H and O–H groups in total. The van der Waals surface area contributed by atoms with Gasteiger partial charge in [0.25, 0.3) is 0 Å². The van der Waals surface area contributed by atoms with E-state index < -0.39 is 0 Å². The van der Waals surface area contributed by atoms with Crippen molar-refractivity contribution in [3.8, 4) is 11.3 Å². The summed E-state index contributed by atoms with van der Waals surface area (Å²) in [5.74, 6) is 0.881. The minimum absolute atomic E-state index is 0.619. The number of pyridine rings is 1. The number of halogens is 1. The van der Waals surface area contributed by atoms with Crippen molar-refractivity contribution >= 4 is 33.0 Å². The SMILES string of the molecule is CN(Cc1ncc(Cl)n1C)c1nn2cc(-c3cccnc3)nc2s1. The molecule has 0 aromatic carbocycles. The molecule has 0 saturated heterocycles. The van der Waals surface area contributed by atoms with E-state index in [0.29, 0.717) is 11.7 Å².